The molecule has 0 aliphatic heterocycles. The molecule has 3 aromatic rings. The molecule has 0 unspecified atom stereocenters. The minimum Gasteiger partial charge on any atom is -0.343 e. The fourth-order valence-corrected chi connectivity index (χ4v) is 2.04. The lowest BCUT2D eigenvalue weighted by Crippen LogP contribution is -1.95. The predicted molar refractivity (Wildman–Crippen MR) is 73.4 cm³/mol. The first-order chi connectivity index (χ1) is 8.74. The first-order valence-corrected chi connectivity index (χ1v) is 5.94. The molecule has 5 heteroatoms. The van der Waals surface area contributed by atoms with Crippen molar-refractivity contribution in [2.24, 2.45) is 0 Å². The Morgan fingerprint density at radius 2 is 2.06 bits per heavy atom. The number of hydrogen-bond donors (Lipinski definition) is 2. The van der Waals surface area contributed by atoms with Crippen LogP contribution >= 0.6 is 11.6 Å². The number of nitrogens with one attached hydrogen (secondary N) is 2. The third-order valence-corrected chi connectivity index (χ3v) is 3.02. The zero-order chi connectivity index (χ0) is 12.5. The molecule has 0 fully saturated rings. The monoisotopic (exact) mass is 258 g/mol. The van der Waals surface area contributed by atoms with Gasteiger partial charge in [0.15, 0.2) is 0 Å². The number of anilines is 2. The number of para-hydroxylation sites is 1. The van der Waals surface area contributed by atoms with Crippen LogP contribution < -0.4 is 5.32 Å². The molecular formula is C13H11ClN4. The second-order valence-electron chi connectivity index (χ2n) is 4.04. The Morgan fingerprint density at radius 1 is 1.22 bits per heavy atom. The van der Waals surface area contributed by atoms with E-state index in [1.165, 1.54) is 6.33 Å². The van der Waals surface area contributed by atoms with E-state index in [4.69, 9.17) is 11.6 Å². The Morgan fingerprint density at radius 3 is 2.89 bits per heavy atom. The van der Waals surface area contributed by atoms with Gasteiger partial charge in [0.2, 0.25) is 0 Å². The summed E-state index contributed by atoms with van der Waals surface area (Å²) in [6.07, 6.45) is 1.53. The molecule has 90 valence electrons. The van der Waals surface area contributed by atoms with Crippen molar-refractivity contribution in [1.29, 1.82) is 0 Å². The average Bonchev–Trinajstić information content (AvgIpc) is 2.73. The SMILES string of the molecule is Cc1cc2c(Nc3ccccc3Cl)ncnc2[nH]1. The van der Waals surface area contributed by atoms with Crippen molar-refractivity contribution in [2.45, 2.75) is 6.92 Å². The summed E-state index contributed by atoms with van der Waals surface area (Å²) < 4.78 is 0. The van der Waals surface area contributed by atoms with Gasteiger partial charge in [0.1, 0.15) is 17.8 Å². The molecule has 4 nitrogen and oxygen atoms in total. The highest BCUT2D eigenvalue weighted by molar-refractivity contribution is 6.33. The molecule has 2 heterocycles. The van der Waals surface area contributed by atoms with Gasteiger partial charge >= 0.3 is 0 Å². The van der Waals surface area contributed by atoms with Crippen molar-refractivity contribution in [1.82, 2.24) is 15.0 Å². The van der Waals surface area contributed by atoms with E-state index in [1.54, 1.807) is 0 Å². The molecule has 0 amide bonds. The molecule has 0 atom stereocenters. The van der Waals surface area contributed by atoms with Gasteiger partial charge in [-0.25, -0.2) is 9.97 Å². The number of aromatic amines is 1. The number of rotatable bonds is 2. The standard InChI is InChI=1S/C13H11ClN4/c1-8-6-9-12(17-8)15-7-16-13(9)18-11-5-3-2-4-10(11)14/h2-7H,1H3,(H2,15,16,17,18). The number of H-pyrrole nitrogens is 1. The van der Waals surface area contributed by atoms with Crippen molar-refractivity contribution >= 4 is 34.1 Å². The van der Waals surface area contributed by atoms with Gasteiger partial charge in [-0.1, -0.05) is 23.7 Å². The van der Waals surface area contributed by atoms with Crippen LogP contribution in [0, 0.1) is 6.92 Å². The van der Waals surface area contributed by atoms with Crippen LogP contribution in [0.4, 0.5) is 11.5 Å². The third-order valence-electron chi connectivity index (χ3n) is 2.69. The normalized spacial score (nSPS) is 10.8. The zero-order valence-corrected chi connectivity index (χ0v) is 10.5. The summed E-state index contributed by atoms with van der Waals surface area (Å²) in [5.74, 6) is 0.748. The highest BCUT2D eigenvalue weighted by atomic mass is 35.5. The third kappa shape index (κ3) is 1.91. The molecule has 0 aliphatic carbocycles. The number of halogens is 1. The average molecular weight is 259 g/mol. The molecule has 0 radical (unpaired) electrons. The van der Waals surface area contributed by atoms with E-state index in [1.807, 2.05) is 37.3 Å². The molecule has 2 N–H and O–H groups in total. The number of aryl methyl sites for hydroxylation is 1. The smallest absolute Gasteiger partial charge is 0.143 e. The van der Waals surface area contributed by atoms with Crippen LogP contribution in [0.1, 0.15) is 5.69 Å². The van der Waals surface area contributed by atoms with Crippen molar-refractivity contribution in [2.75, 3.05) is 5.32 Å². The maximum atomic E-state index is 6.12. The number of fused-ring (bicyclic) bond motifs is 1. The summed E-state index contributed by atoms with van der Waals surface area (Å²) in [4.78, 5) is 11.6. The van der Waals surface area contributed by atoms with Gasteiger partial charge in [-0.05, 0) is 25.1 Å². The van der Waals surface area contributed by atoms with Crippen LogP contribution in [0.2, 0.25) is 5.02 Å². The van der Waals surface area contributed by atoms with E-state index in [9.17, 15) is 0 Å². The quantitative estimate of drug-likeness (QED) is 0.737. The number of benzene rings is 1. The Hall–Kier alpha value is -2.07. The van der Waals surface area contributed by atoms with Crippen LogP contribution in [0.5, 0.6) is 0 Å². The number of hydrogen-bond acceptors (Lipinski definition) is 3. The molecular weight excluding hydrogens is 248 g/mol. The van der Waals surface area contributed by atoms with Crippen LogP contribution in [-0.4, -0.2) is 15.0 Å². The van der Waals surface area contributed by atoms with Gasteiger partial charge in [-0.2, -0.15) is 0 Å². The summed E-state index contributed by atoms with van der Waals surface area (Å²) in [6, 6.07) is 9.58. The van der Waals surface area contributed by atoms with Gasteiger partial charge in [0, 0.05) is 5.69 Å². The molecule has 0 spiro atoms. The second kappa shape index (κ2) is 4.31. The first kappa shape index (κ1) is 11.0. The van der Waals surface area contributed by atoms with E-state index in [2.05, 4.69) is 20.3 Å². The summed E-state index contributed by atoms with van der Waals surface area (Å²) >= 11 is 6.12. The lowest BCUT2D eigenvalue weighted by molar-refractivity contribution is 1.18. The largest absolute Gasteiger partial charge is 0.343 e. The van der Waals surface area contributed by atoms with Crippen molar-refractivity contribution in [3.05, 3.63) is 47.4 Å². The minimum atomic E-state index is 0.663. The lowest BCUT2D eigenvalue weighted by atomic mass is 10.3. The van der Waals surface area contributed by atoms with Gasteiger partial charge in [-0.3, -0.25) is 0 Å². The number of aromatic nitrogens is 3. The van der Waals surface area contributed by atoms with Gasteiger partial charge in [0.05, 0.1) is 16.1 Å². The highest BCUT2D eigenvalue weighted by Gasteiger charge is 2.07. The summed E-state index contributed by atoms with van der Waals surface area (Å²) in [7, 11) is 0. The topological polar surface area (TPSA) is 53.6 Å². The summed E-state index contributed by atoms with van der Waals surface area (Å²) in [5.41, 5.74) is 2.70. The maximum absolute atomic E-state index is 6.12. The molecule has 0 bridgehead atoms. The molecule has 2 aromatic heterocycles. The molecule has 0 saturated heterocycles. The fraction of sp³-hybridized carbons (Fsp3) is 0.0769. The van der Waals surface area contributed by atoms with Crippen molar-refractivity contribution < 1.29 is 0 Å². The van der Waals surface area contributed by atoms with Gasteiger partial charge in [0.25, 0.3) is 0 Å². The Bertz CT molecular complexity index is 705. The molecule has 18 heavy (non-hydrogen) atoms. The van der Waals surface area contributed by atoms with Crippen molar-refractivity contribution in [3.8, 4) is 0 Å². The molecule has 1 aromatic carbocycles. The van der Waals surface area contributed by atoms with Gasteiger partial charge < -0.3 is 10.3 Å². The van der Waals surface area contributed by atoms with Crippen LogP contribution in [0.15, 0.2) is 36.7 Å². The van der Waals surface area contributed by atoms with E-state index in [0.29, 0.717) is 5.02 Å². The van der Waals surface area contributed by atoms with Gasteiger partial charge in [-0.15, -0.1) is 0 Å². The van der Waals surface area contributed by atoms with Crippen LogP contribution in [0.3, 0.4) is 0 Å². The van der Waals surface area contributed by atoms with E-state index in [0.717, 1.165) is 28.2 Å². The summed E-state index contributed by atoms with van der Waals surface area (Å²) in [5, 5.41) is 4.84. The number of nitrogens with zero attached hydrogens (tertiary/aromatic N) is 2. The van der Waals surface area contributed by atoms with E-state index >= 15 is 0 Å². The Balaban J connectivity index is 2.07. The molecule has 0 aliphatic rings. The highest BCUT2D eigenvalue weighted by Crippen LogP contribution is 2.27. The van der Waals surface area contributed by atoms with Crippen molar-refractivity contribution in [3.63, 3.8) is 0 Å². The lowest BCUT2D eigenvalue weighted by Gasteiger charge is -2.07. The molecule has 0 saturated carbocycles. The summed E-state index contributed by atoms with van der Waals surface area (Å²) in [6.45, 7) is 1.99. The molecule has 3 rings (SSSR count). The van der Waals surface area contributed by atoms with E-state index < -0.39 is 0 Å². The minimum absolute atomic E-state index is 0.663. The van der Waals surface area contributed by atoms with Crippen LogP contribution in [-0.2, 0) is 0 Å². The zero-order valence-electron chi connectivity index (χ0n) is 9.74. The fourth-order valence-electron chi connectivity index (χ4n) is 1.86. The second-order valence-corrected chi connectivity index (χ2v) is 4.45. The maximum Gasteiger partial charge on any atom is 0.143 e. The predicted octanol–water partition coefficient (Wildman–Crippen LogP) is 3.66. The van der Waals surface area contributed by atoms with E-state index in [-0.39, 0.29) is 0 Å². The first-order valence-electron chi connectivity index (χ1n) is 5.56. The Labute approximate surface area is 109 Å². The Kier molecular flexibility index (Phi) is 2.64. The van der Waals surface area contributed by atoms with Crippen LogP contribution in [0.25, 0.3) is 11.0 Å².